The van der Waals surface area contributed by atoms with Gasteiger partial charge >= 0.3 is 0 Å². The summed E-state index contributed by atoms with van der Waals surface area (Å²) in [5, 5.41) is 0. The van der Waals surface area contributed by atoms with Gasteiger partial charge in [-0.1, -0.05) is 18.2 Å². The van der Waals surface area contributed by atoms with Crippen molar-refractivity contribution in [3.8, 4) is 0 Å². The van der Waals surface area contributed by atoms with Gasteiger partial charge < -0.3 is 5.73 Å². The Hall–Kier alpha value is -1.88. The van der Waals surface area contributed by atoms with Crippen LogP contribution >= 0.6 is 0 Å². The van der Waals surface area contributed by atoms with Crippen molar-refractivity contribution in [2.24, 2.45) is 0 Å². The van der Waals surface area contributed by atoms with Gasteiger partial charge in [-0.3, -0.25) is 4.98 Å². The zero-order valence-electron chi connectivity index (χ0n) is 10.00. The number of hydrogen-bond donors (Lipinski definition) is 1. The van der Waals surface area contributed by atoms with E-state index in [2.05, 4.69) is 4.98 Å². The van der Waals surface area contributed by atoms with Crippen molar-refractivity contribution in [1.29, 1.82) is 0 Å². The molecule has 0 aliphatic carbocycles. The van der Waals surface area contributed by atoms with Crippen molar-refractivity contribution in [3.05, 3.63) is 53.9 Å². The molecule has 0 aliphatic rings. The predicted octanol–water partition coefficient (Wildman–Crippen LogP) is 1.95. The molecular weight excluding hydrogens is 248 g/mol. The number of pyridine rings is 1. The van der Waals surface area contributed by atoms with Crippen LogP contribution in [0.2, 0.25) is 0 Å². The first-order valence-corrected chi connectivity index (χ1v) is 7.14. The summed E-state index contributed by atoms with van der Waals surface area (Å²) < 4.78 is 24.5. The van der Waals surface area contributed by atoms with Crippen LogP contribution in [0.15, 0.2) is 47.5 Å². The van der Waals surface area contributed by atoms with E-state index in [1.165, 1.54) is 6.07 Å². The van der Waals surface area contributed by atoms with Crippen LogP contribution in [0.5, 0.6) is 0 Å². The van der Waals surface area contributed by atoms with E-state index >= 15 is 0 Å². The van der Waals surface area contributed by atoms with Crippen LogP contribution in [0.25, 0.3) is 0 Å². The Morgan fingerprint density at radius 2 is 1.89 bits per heavy atom. The smallest absolute Gasteiger partial charge is 0.186 e. The van der Waals surface area contributed by atoms with Gasteiger partial charge in [-0.05, 0) is 30.7 Å². The molecule has 0 atom stereocenters. The predicted molar refractivity (Wildman–Crippen MR) is 70.7 cm³/mol. The fourth-order valence-corrected chi connectivity index (χ4v) is 3.22. The minimum absolute atomic E-state index is 0.131. The molecule has 0 fully saturated rings. The Morgan fingerprint density at radius 3 is 2.56 bits per heavy atom. The van der Waals surface area contributed by atoms with E-state index in [0.717, 1.165) is 5.56 Å². The summed E-state index contributed by atoms with van der Waals surface area (Å²) in [5.41, 5.74) is 7.38. The van der Waals surface area contributed by atoms with Crippen LogP contribution in [0, 0.1) is 6.92 Å². The Balaban J connectivity index is 2.40. The molecule has 0 amide bonds. The molecule has 1 aromatic carbocycles. The lowest BCUT2D eigenvalue weighted by Gasteiger charge is -2.08. The van der Waals surface area contributed by atoms with E-state index in [1.807, 2.05) is 13.0 Å². The van der Waals surface area contributed by atoms with E-state index in [1.54, 1.807) is 30.5 Å². The van der Waals surface area contributed by atoms with Crippen molar-refractivity contribution in [1.82, 2.24) is 4.98 Å². The number of para-hydroxylation sites is 1. The number of nitrogens with zero attached hydrogens (tertiary/aromatic N) is 1. The number of aryl methyl sites for hydroxylation is 1. The van der Waals surface area contributed by atoms with Crippen LogP contribution in [-0.4, -0.2) is 13.4 Å². The topological polar surface area (TPSA) is 73.0 Å². The molecule has 2 rings (SSSR count). The SMILES string of the molecule is Cc1cccnc1CS(=O)(=O)c1ccccc1N. The van der Waals surface area contributed by atoms with Crippen molar-refractivity contribution >= 4 is 15.5 Å². The fourth-order valence-electron chi connectivity index (χ4n) is 1.69. The number of sulfone groups is 1. The third-order valence-corrected chi connectivity index (χ3v) is 4.39. The molecule has 18 heavy (non-hydrogen) atoms. The van der Waals surface area contributed by atoms with Crippen molar-refractivity contribution in [2.75, 3.05) is 5.73 Å². The van der Waals surface area contributed by atoms with E-state index in [-0.39, 0.29) is 16.3 Å². The number of hydrogen-bond acceptors (Lipinski definition) is 4. The number of nitrogen functional groups attached to an aromatic ring is 1. The monoisotopic (exact) mass is 262 g/mol. The molecule has 2 aromatic rings. The summed E-state index contributed by atoms with van der Waals surface area (Å²) in [4.78, 5) is 4.26. The maximum absolute atomic E-state index is 12.3. The molecule has 0 radical (unpaired) electrons. The van der Waals surface area contributed by atoms with Crippen molar-refractivity contribution in [3.63, 3.8) is 0 Å². The van der Waals surface area contributed by atoms with Gasteiger partial charge in [0.05, 0.1) is 22.0 Å². The quantitative estimate of drug-likeness (QED) is 0.858. The average Bonchev–Trinajstić information content (AvgIpc) is 2.32. The second-order valence-electron chi connectivity index (χ2n) is 4.06. The van der Waals surface area contributed by atoms with E-state index < -0.39 is 9.84 Å². The maximum Gasteiger partial charge on any atom is 0.186 e. The molecule has 0 aliphatic heterocycles. The Kier molecular flexibility index (Phi) is 3.34. The van der Waals surface area contributed by atoms with Gasteiger partial charge in [0, 0.05) is 6.20 Å². The fraction of sp³-hybridized carbons (Fsp3) is 0.154. The molecule has 0 unspecified atom stereocenters. The van der Waals surface area contributed by atoms with E-state index in [4.69, 9.17) is 5.73 Å². The molecule has 2 N–H and O–H groups in total. The molecule has 0 bridgehead atoms. The molecule has 0 saturated carbocycles. The lowest BCUT2D eigenvalue weighted by Crippen LogP contribution is -2.09. The minimum atomic E-state index is -3.45. The summed E-state index contributed by atoms with van der Waals surface area (Å²) in [5.74, 6) is -0.131. The van der Waals surface area contributed by atoms with Crippen LogP contribution in [0.1, 0.15) is 11.3 Å². The Bertz CT molecular complexity index is 666. The van der Waals surface area contributed by atoms with Gasteiger partial charge in [-0.15, -0.1) is 0 Å². The van der Waals surface area contributed by atoms with Gasteiger partial charge in [0.2, 0.25) is 0 Å². The Labute approximate surface area is 106 Å². The number of aromatic nitrogens is 1. The van der Waals surface area contributed by atoms with Gasteiger partial charge in [0.25, 0.3) is 0 Å². The lowest BCUT2D eigenvalue weighted by atomic mass is 10.2. The largest absolute Gasteiger partial charge is 0.398 e. The van der Waals surface area contributed by atoms with Crippen LogP contribution < -0.4 is 5.73 Å². The van der Waals surface area contributed by atoms with Crippen LogP contribution in [0.4, 0.5) is 5.69 Å². The molecule has 1 aromatic heterocycles. The Morgan fingerprint density at radius 1 is 1.17 bits per heavy atom. The zero-order chi connectivity index (χ0) is 13.2. The normalized spacial score (nSPS) is 11.4. The molecule has 0 spiro atoms. The highest BCUT2D eigenvalue weighted by Gasteiger charge is 2.19. The van der Waals surface area contributed by atoms with Gasteiger partial charge in [-0.2, -0.15) is 0 Å². The second-order valence-corrected chi connectivity index (χ2v) is 6.02. The summed E-state index contributed by atoms with van der Waals surface area (Å²) >= 11 is 0. The first-order chi connectivity index (χ1) is 8.50. The highest BCUT2D eigenvalue weighted by molar-refractivity contribution is 7.90. The zero-order valence-corrected chi connectivity index (χ0v) is 10.8. The number of rotatable bonds is 3. The van der Waals surface area contributed by atoms with Gasteiger partial charge in [-0.25, -0.2) is 8.42 Å². The van der Waals surface area contributed by atoms with Crippen LogP contribution in [-0.2, 0) is 15.6 Å². The number of nitrogens with two attached hydrogens (primary N) is 1. The first kappa shape index (κ1) is 12.6. The highest BCUT2D eigenvalue weighted by Crippen LogP contribution is 2.22. The molecule has 94 valence electrons. The first-order valence-electron chi connectivity index (χ1n) is 5.48. The van der Waals surface area contributed by atoms with Crippen molar-refractivity contribution in [2.45, 2.75) is 17.6 Å². The average molecular weight is 262 g/mol. The third-order valence-electron chi connectivity index (χ3n) is 2.70. The molecule has 1 heterocycles. The summed E-state index contributed by atoms with van der Waals surface area (Å²) in [6.45, 7) is 1.84. The number of anilines is 1. The van der Waals surface area contributed by atoms with E-state index in [9.17, 15) is 8.42 Å². The standard InChI is InChI=1S/C13H14N2O2S/c1-10-5-4-8-15-12(10)9-18(16,17)13-7-3-2-6-11(13)14/h2-8H,9,14H2,1H3. The van der Waals surface area contributed by atoms with E-state index in [0.29, 0.717) is 5.69 Å². The maximum atomic E-state index is 12.3. The highest BCUT2D eigenvalue weighted by atomic mass is 32.2. The molecule has 0 saturated heterocycles. The molecule has 4 nitrogen and oxygen atoms in total. The second kappa shape index (κ2) is 4.78. The van der Waals surface area contributed by atoms with Gasteiger partial charge in [0.15, 0.2) is 9.84 Å². The van der Waals surface area contributed by atoms with Crippen molar-refractivity contribution < 1.29 is 8.42 Å². The summed E-state index contributed by atoms with van der Waals surface area (Å²) in [6.07, 6.45) is 1.59. The molecule has 5 heteroatoms. The van der Waals surface area contributed by atoms with Gasteiger partial charge in [0.1, 0.15) is 0 Å². The number of benzene rings is 1. The summed E-state index contributed by atoms with van der Waals surface area (Å²) in [6, 6.07) is 10.1. The molecular formula is C13H14N2O2S. The minimum Gasteiger partial charge on any atom is -0.398 e. The van der Waals surface area contributed by atoms with Crippen LogP contribution in [0.3, 0.4) is 0 Å². The third kappa shape index (κ3) is 2.51. The summed E-state index contributed by atoms with van der Waals surface area (Å²) in [7, 11) is -3.45. The lowest BCUT2D eigenvalue weighted by molar-refractivity contribution is 0.595.